The molecule has 25 heavy (non-hydrogen) atoms. The average Bonchev–Trinajstić information content (AvgIpc) is 3.06. The Morgan fingerprint density at radius 3 is 2.84 bits per heavy atom. The van der Waals surface area contributed by atoms with Gasteiger partial charge in [0.05, 0.1) is 6.07 Å². The van der Waals surface area contributed by atoms with Crippen molar-refractivity contribution < 1.29 is 14.1 Å². The number of para-hydroxylation sites is 1. The molecular weight excluding hydrogens is 346 g/mol. The number of anilines is 1. The number of fused-ring (bicyclic) bond motifs is 3. The summed E-state index contributed by atoms with van der Waals surface area (Å²) in [6.07, 6.45) is 1.06. The number of nitrogens with zero attached hydrogens (tertiary/aromatic N) is 4. The highest BCUT2D eigenvalue weighted by Gasteiger charge is 2.28. The molecule has 1 aromatic carbocycles. The van der Waals surface area contributed by atoms with Crippen LogP contribution in [-0.4, -0.2) is 26.4 Å². The third kappa shape index (κ3) is 2.76. The van der Waals surface area contributed by atoms with Gasteiger partial charge in [0.15, 0.2) is 11.6 Å². The van der Waals surface area contributed by atoms with Gasteiger partial charge in [0.2, 0.25) is 11.4 Å². The number of furan rings is 1. The van der Waals surface area contributed by atoms with Crippen LogP contribution >= 0.6 is 11.8 Å². The molecule has 1 unspecified atom stereocenters. The Morgan fingerprint density at radius 1 is 1.24 bits per heavy atom. The Hall–Kier alpha value is -3.14. The number of ether oxygens (including phenoxy) is 1. The minimum absolute atomic E-state index is 0.263. The fourth-order valence-electron chi connectivity index (χ4n) is 2.44. The fourth-order valence-corrected chi connectivity index (χ4v) is 2.74. The van der Waals surface area contributed by atoms with E-state index in [1.807, 2.05) is 24.5 Å². The summed E-state index contributed by atoms with van der Waals surface area (Å²) in [5, 5.41) is 22.7. The molecule has 1 aliphatic rings. The highest BCUT2D eigenvalue weighted by Crippen LogP contribution is 2.40. The van der Waals surface area contributed by atoms with Gasteiger partial charge in [0.1, 0.15) is 16.4 Å². The largest absolute Gasteiger partial charge is 0.462 e. The van der Waals surface area contributed by atoms with Gasteiger partial charge < -0.3 is 14.5 Å². The predicted molar refractivity (Wildman–Crippen MR) is 89.4 cm³/mol. The summed E-state index contributed by atoms with van der Waals surface area (Å²) in [7, 11) is 0. The molecule has 2 aromatic heterocycles. The fraction of sp³-hybridized carbons (Fsp3) is 0.133. The lowest BCUT2D eigenvalue weighted by atomic mass is 10.1. The SMILES string of the molecule is CSc1nnc2c(n1)NC(c1ccc([N+](=O)[O-])o1)Oc1ccccc1-2. The molecule has 1 atom stereocenters. The minimum Gasteiger partial charge on any atom is -0.462 e. The number of aromatic nitrogens is 3. The standard InChI is InChI=1S/C15H11N5O4S/c1-25-15-17-13-12(18-19-15)8-4-2-3-5-9(8)24-14(16-13)10-6-7-11(23-10)20(21)22/h2-7,14H,1H3,(H,16,17,19). The highest BCUT2D eigenvalue weighted by atomic mass is 32.2. The zero-order valence-corrected chi connectivity index (χ0v) is 13.7. The van der Waals surface area contributed by atoms with E-state index >= 15 is 0 Å². The van der Waals surface area contributed by atoms with Crippen LogP contribution in [0.4, 0.5) is 11.7 Å². The van der Waals surface area contributed by atoms with Crippen molar-refractivity contribution in [2.45, 2.75) is 11.4 Å². The Morgan fingerprint density at radius 2 is 2.08 bits per heavy atom. The molecule has 0 saturated carbocycles. The minimum atomic E-state index is -0.789. The van der Waals surface area contributed by atoms with Gasteiger partial charge in [-0.15, -0.1) is 10.2 Å². The zero-order valence-electron chi connectivity index (χ0n) is 12.9. The van der Waals surface area contributed by atoms with E-state index in [1.165, 1.54) is 23.9 Å². The number of nitrogens with one attached hydrogen (secondary N) is 1. The maximum Gasteiger partial charge on any atom is 0.433 e. The molecule has 3 aromatic rings. The van der Waals surface area contributed by atoms with Crippen LogP contribution in [-0.2, 0) is 0 Å². The number of hydrogen-bond donors (Lipinski definition) is 1. The predicted octanol–water partition coefficient (Wildman–Crippen LogP) is 3.26. The second kappa shape index (κ2) is 6.06. The number of benzene rings is 1. The van der Waals surface area contributed by atoms with Gasteiger partial charge in [0.25, 0.3) is 0 Å². The Balaban J connectivity index is 1.82. The van der Waals surface area contributed by atoms with E-state index in [2.05, 4.69) is 20.5 Å². The summed E-state index contributed by atoms with van der Waals surface area (Å²) in [6.45, 7) is 0. The first-order chi connectivity index (χ1) is 12.2. The Bertz CT molecular complexity index is 961. The van der Waals surface area contributed by atoms with Crippen molar-refractivity contribution in [2.24, 2.45) is 0 Å². The van der Waals surface area contributed by atoms with E-state index in [0.717, 1.165) is 5.56 Å². The molecule has 9 nitrogen and oxygen atoms in total. The van der Waals surface area contributed by atoms with Gasteiger partial charge in [-0.1, -0.05) is 23.9 Å². The van der Waals surface area contributed by atoms with Gasteiger partial charge in [-0.25, -0.2) is 4.98 Å². The molecule has 0 fully saturated rings. The summed E-state index contributed by atoms with van der Waals surface area (Å²) in [6, 6.07) is 10.1. The third-order valence-electron chi connectivity index (χ3n) is 3.56. The summed E-state index contributed by atoms with van der Waals surface area (Å²) in [5.74, 6) is 0.918. The number of rotatable bonds is 3. The van der Waals surface area contributed by atoms with E-state index in [9.17, 15) is 10.1 Å². The second-order valence-electron chi connectivity index (χ2n) is 5.07. The van der Waals surface area contributed by atoms with Crippen LogP contribution < -0.4 is 10.1 Å². The molecule has 10 heteroatoms. The van der Waals surface area contributed by atoms with Crippen LogP contribution in [0.5, 0.6) is 5.75 Å². The van der Waals surface area contributed by atoms with Crippen molar-refractivity contribution in [3.05, 3.63) is 52.3 Å². The zero-order chi connectivity index (χ0) is 17.4. The summed E-state index contributed by atoms with van der Waals surface area (Å²) >= 11 is 1.36. The lowest BCUT2D eigenvalue weighted by Gasteiger charge is -2.16. The Kier molecular flexibility index (Phi) is 3.73. The van der Waals surface area contributed by atoms with E-state index in [0.29, 0.717) is 22.4 Å². The molecule has 0 spiro atoms. The summed E-state index contributed by atoms with van der Waals surface area (Å²) in [4.78, 5) is 14.7. The van der Waals surface area contributed by atoms with Crippen molar-refractivity contribution in [1.82, 2.24) is 15.2 Å². The molecule has 1 N–H and O–H groups in total. The van der Waals surface area contributed by atoms with Gasteiger partial charge in [-0.3, -0.25) is 10.1 Å². The monoisotopic (exact) mass is 357 g/mol. The Labute approximate surface area is 145 Å². The summed E-state index contributed by atoms with van der Waals surface area (Å²) < 4.78 is 11.2. The van der Waals surface area contributed by atoms with E-state index < -0.39 is 11.2 Å². The van der Waals surface area contributed by atoms with Gasteiger partial charge in [0, 0.05) is 5.56 Å². The lowest BCUT2D eigenvalue weighted by Crippen LogP contribution is -2.17. The average molecular weight is 357 g/mol. The molecule has 0 saturated heterocycles. The first-order valence-electron chi connectivity index (χ1n) is 7.21. The van der Waals surface area contributed by atoms with Gasteiger partial charge in [-0.05, 0) is 24.5 Å². The second-order valence-corrected chi connectivity index (χ2v) is 5.84. The lowest BCUT2D eigenvalue weighted by molar-refractivity contribution is -0.402. The molecule has 0 radical (unpaired) electrons. The molecule has 0 bridgehead atoms. The van der Waals surface area contributed by atoms with Crippen molar-refractivity contribution in [3.8, 4) is 17.0 Å². The normalized spacial score (nSPS) is 15.3. The first-order valence-corrected chi connectivity index (χ1v) is 8.43. The van der Waals surface area contributed by atoms with Crippen LogP contribution in [0, 0.1) is 10.1 Å². The van der Waals surface area contributed by atoms with Crippen molar-refractivity contribution in [1.29, 1.82) is 0 Å². The quantitative estimate of drug-likeness (QED) is 0.428. The number of nitro groups is 1. The van der Waals surface area contributed by atoms with E-state index in [-0.39, 0.29) is 11.6 Å². The molecule has 0 amide bonds. The first kappa shape index (κ1) is 15.4. The topological polar surface area (TPSA) is 116 Å². The highest BCUT2D eigenvalue weighted by molar-refractivity contribution is 7.98. The van der Waals surface area contributed by atoms with Crippen LogP contribution in [0.15, 0.2) is 46.0 Å². The smallest absolute Gasteiger partial charge is 0.433 e. The number of thioether (sulfide) groups is 1. The maximum absolute atomic E-state index is 10.9. The molecule has 1 aliphatic heterocycles. The molecule has 126 valence electrons. The number of hydrogen-bond acceptors (Lipinski definition) is 9. The van der Waals surface area contributed by atoms with Crippen molar-refractivity contribution >= 4 is 23.5 Å². The van der Waals surface area contributed by atoms with Crippen LogP contribution in [0.25, 0.3) is 11.3 Å². The van der Waals surface area contributed by atoms with Gasteiger partial charge >= 0.3 is 5.88 Å². The van der Waals surface area contributed by atoms with Crippen molar-refractivity contribution in [3.63, 3.8) is 0 Å². The third-order valence-corrected chi connectivity index (χ3v) is 4.09. The maximum atomic E-state index is 10.9. The van der Waals surface area contributed by atoms with E-state index in [1.54, 1.807) is 6.07 Å². The van der Waals surface area contributed by atoms with Crippen LogP contribution in [0.2, 0.25) is 0 Å². The van der Waals surface area contributed by atoms with Gasteiger partial charge in [-0.2, -0.15) is 0 Å². The molecule has 4 rings (SSSR count). The van der Waals surface area contributed by atoms with E-state index in [4.69, 9.17) is 9.15 Å². The molecular formula is C15H11N5O4S. The van der Waals surface area contributed by atoms with Crippen LogP contribution in [0.1, 0.15) is 12.0 Å². The van der Waals surface area contributed by atoms with Crippen LogP contribution in [0.3, 0.4) is 0 Å². The van der Waals surface area contributed by atoms with Crippen molar-refractivity contribution in [2.75, 3.05) is 11.6 Å². The summed E-state index contributed by atoms with van der Waals surface area (Å²) in [5.41, 5.74) is 1.26. The molecule has 0 aliphatic carbocycles. The molecule has 3 heterocycles.